The predicted molar refractivity (Wildman–Crippen MR) is 117 cm³/mol. The summed E-state index contributed by atoms with van der Waals surface area (Å²) < 4.78 is 0. The molecular weight excluding hydrogens is 368 g/mol. The molecule has 0 aromatic heterocycles. The molecule has 0 heterocycles. The summed E-state index contributed by atoms with van der Waals surface area (Å²) in [6.07, 6.45) is 9.69. The van der Waals surface area contributed by atoms with E-state index in [1.54, 1.807) is 0 Å². The second-order valence-electron chi connectivity index (χ2n) is 8.04. The standard InChI is InChI=1S/C23H42N2O4/c1-4-20(26)13-7-5-11-17-24-22(28)15-9-10-16-23(29)25-18-12-6-8-14-21(27)19(2)3/h19H,4-18H2,1-3H3,(H,24,28)(H,25,29). The van der Waals surface area contributed by atoms with E-state index in [0.29, 0.717) is 69.6 Å². The van der Waals surface area contributed by atoms with Crippen molar-refractivity contribution in [1.82, 2.24) is 10.6 Å². The van der Waals surface area contributed by atoms with E-state index in [9.17, 15) is 19.2 Å². The summed E-state index contributed by atoms with van der Waals surface area (Å²) in [5, 5.41) is 5.79. The van der Waals surface area contributed by atoms with Crippen LogP contribution in [0.4, 0.5) is 0 Å². The molecule has 6 nitrogen and oxygen atoms in total. The van der Waals surface area contributed by atoms with Crippen LogP contribution in [-0.4, -0.2) is 36.5 Å². The van der Waals surface area contributed by atoms with Gasteiger partial charge in [-0.25, -0.2) is 0 Å². The Labute approximate surface area is 177 Å². The van der Waals surface area contributed by atoms with Gasteiger partial charge in [-0.2, -0.15) is 0 Å². The molecule has 6 heteroatoms. The normalized spacial score (nSPS) is 10.8. The highest BCUT2D eigenvalue weighted by atomic mass is 16.2. The first-order valence-corrected chi connectivity index (χ1v) is 11.4. The van der Waals surface area contributed by atoms with Crippen molar-refractivity contribution in [2.24, 2.45) is 5.92 Å². The fraction of sp³-hybridized carbons (Fsp3) is 0.826. The van der Waals surface area contributed by atoms with E-state index in [0.717, 1.165) is 38.5 Å². The minimum Gasteiger partial charge on any atom is -0.356 e. The number of hydrogen-bond acceptors (Lipinski definition) is 4. The van der Waals surface area contributed by atoms with Gasteiger partial charge in [0.15, 0.2) is 0 Å². The van der Waals surface area contributed by atoms with E-state index >= 15 is 0 Å². The van der Waals surface area contributed by atoms with Crippen molar-refractivity contribution in [3.8, 4) is 0 Å². The van der Waals surface area contributed by atoms with Crippen LogP contribution in [0.2, 0.25) is 0 Å². The number of carbonyl (C=O) groups excluding carboxylic acids is 4. The first-order chi connectivity index (χ1) is 13.9. The van der Waals surface area contributed by atoms with Crippen LogP contribution < -0.4 is 10.6 Å². The number of amides is 2. The quantitative estimate of drug-likeness (QED) is 0.314. The highest BCUT2D eigenvalue weighted by Crippen LogP contribution is 2.06. The lowest BCUT2D eigenvalue weighted by Crippen LogP contribution is -2.25. The van der Waals surface area contributed by atoms with Crippen molar-refractivity contribution in [1.29, 1.82) is 0 Å². The second-order valence-corrected chi connectivity index (χ2v) is 8.04. The van der Waals surface area contributed by atoms with E-state index in [4.69, 9.17) is 0 Å². The van der Waals surface area contributed by atoms with Crippen LogP contribution in [-0.2, 0) is 19.2 Å². The molecule has 0 saturated heterocycles. The minimum atomic E-state index is 0.0327. The zero-order valence-corrected chi connectivity index (χ0v) is 18.8. The fourth-order valence-corrected chi connectivity index (χ4v) is 2.89. The average Bonchev–Trinajstić information content (AvgIpc) is 2.69. The number of rotatable bonds is 19. The summed E-state index contributed by atoms with van der Waals surface area (Å²) in [6, 6.07) is 0. The van der Waals surface area contributed by atoms with E-state index in [1.807, 2.05) is 20.8 Å². The number of carbonyl (C=O) groups is 4. The molecule has 0 aromatic carbocycles. The number of Topliss-reactive ketones (excluding diaryl/α,β-unsaturated/α-hetero) is 2. The lowest BCUT2D eigenvalue weighted by atomic mass is 10.0. The Morgan fingerprint density at radius 2 is 1.07 bits per heavy atom. The van der Waals surface area contributed by atoms with Crippen LogP contribution in [0, 0.1) is 5.92 Å². The molecule has 0 unspecified atom stereocenters. The Hall–Kier alpha value is -1.72. The molecule has 168 valence electrons. The molecule has 0 radical (unpaired) electrons. The molecule has 0 bridgehead atoms. The highest BCUT2D eigenvalue weighted by Gasteiger charge is 2.07. The molecule has 0 aromatic rings. The van der Waals surface area contributed by atoms with Gasteiger partial charge in [-0.15, -0.1) is 0 Å². The van der Waals surface area contributed by atoms with Gasteiger partial charge in [-0.3, -0.25) is 19.2 Å². The molecule has 0 atom stereocenters. The van der Waals surface area contributed by atoms with Crippen molar-refractivity contribution in [2.45, 2.75) is 104 Å². The van der Waals surface area contributed by atoms with E-state index in [1.165, 1.54) is 0 Å². The van der Waals surface area contributed by atoms with Gasteiger partial charge >= 0.3 is 0 Å². The maximum atomic E-state index is 11.8. The fourth-order valence-electron chi connectivity index (χ4n) is 2.89. The molecule has 0 fully saturated rings. The molecule has 2 N–H and O–H groups in total. The lowest BCUT2D eigenvalue weighted by molar-refractivity contribution is -0.123. The third-order valence-electron chi connectivity index (χ3n) is 4.97. The summed E-state index contributed by atoms with van der Waals surface area (Å²) in [4.78, 5) is 46.2. The molecule has 0 aliphatic rings. The number of hydrogen-bond donors (Lipinski definition) is 2. The Kier molecular flexibility index (Phi) is 17.2. The van der Waals surface area contributed by atoms with Crippen LogP contribution >= 0.6 is 0 Å². The Bertz CT molecular complexity index is 489. The average molecular weight is 411 g/mol. The molecule has 2 amide bonds. The van der Waals surface area contributed by atoms with Crippen molar-refractivity contribution < 1.29 is 19.2 Å². The van der Waals surface area contributed by atoms with E-state index < -0.39 is 0 Å². The summed E-state index contributed by atoms with van der Waals surface area (Å²) in [5.41, 5.74) is 0. The summed E-state index contributed by atoms with van der Waals surface area (Å²) in [6.45, 7) is 7.03. The number of nitrogens with one attached hydrogen (secondary N) is 2. The van der Waals surface area contributed by atoms with Crippen LogP contribution in [0.15, 0.2) is 0 Å². The summed E-state index contributed by atoms with van der Waals surface area (Å²) in [7, 11) is 0. The predicted octanol–water partition coefficient (Wildman–Crippen LogP) is 4.10. The van der Waals surface area contributed by atoms with Crippen molar-refractivity contribution in [3.63, 3.8) is 0 Å². The number of ketones is 2. The smallest absolute Gasteiger partial charge is 0.219 e. The van der Waals surface area contributed by atoms with Gasteiger partial charge in [0.25, 0.3) is 0 Å². The van der Waals surface area contributed by atoms with Crippen molar-refractivity contribution >= 4 is 23.4 Å². The van der Waals surface area contributed by atoms with Gasteiger partial charge in [-0.1, -0.05) is 33.6 Å². The Morgan fingerprint density at radius 1 is 0.621 bits per heavy atom. The topological polar surface area (TPSA) is 92.3 Å². The van der Waals surface area contributed by atoms with Gasteiger partial charge < -0.3 is 10.6 Å². The molecule has 29 heavy (non-hydrogen) atoms. The van der Waals surface area contributed by atoms with Gasteiger partial charge in [0.1, 0.15) is 11.6 Å². The first-order valence-electron chi connectivity index (χ1n) is 11.4. The summed E-state index contributed by atoms with van der Waals surface area (Å²) in [5.74, 6) is 0.785. The zero-order chi connectivity index (χ0) is 21.9. The van der Waals surface area contributed by atoms with Crippen LogP contribution in [0.25, 0.3) is 0 Å². The van der Waals surface area contributed by atoms with Gasteiger partial charge in [0.2, 0.25) is 11.8 Å². The Balaban J connectivity index is 3.44. The molecule has 0 rings (SSSR count). The van der Waals surface area contributed by atoms with Crippen molar-refractivity contribution in [3.05, 3.63) is 0 Å². The highest BCUT2D eigenvalue weighted by molar-refractivity contribution is 5.80. The van der Waals surface area contributed by atoms with Crippen molar-refractivity contribution in [2.75, 3.05) is 13.1 Å². The van der Waals surface area contributed by atoms with Crippen LogP contribution in [0.1, 0.15) is 104 Å². The summed E-state index contributed by atoms with van der Waals surface area (Å²) >= 11 is 0. The molecule has 0 spiro atoms. The third kappa shape index (κ3) is 18.1. The van der Waals surface area contributed by atoms with Crippen LogP contribution in [0.3, 0.4) is 0 Å². The van der Waals surface area contributed by atoms with Crippen LogP contribution in [0.5, 0.6) is 0 Å². The van der Waals surface area contributed by atoms with Gasteiger partial charge in [-0.05, 0) is 38.5 Å². The molecular formula is C23H42N2O4. The lowest BCUT2D eigenvalue weighted by Gasteiger charge is -2.07. The first kappa shape index (κ1) is 27.3. The SMILES string of the molecule is CCC(=O)CCCCCNC(=O)CCCCC(=O)NCCCCCC(=O)C(C)C. The second kappa shape index (κ2) is 18.3. The molecule has 0 saturated carbocycles. The molecule has 0 aliphatic heterocycles. The largest absolute Gasteiger partial charge is 0.356 e. The maximum absolute atomic E-state index is 11.8. The van der Waals surface area contributed by atoms with E-state index in [-0.39, 0.29) is 17.7 Å². The molecule has 0 aliphatic carbocycles. The van der Waals surface area contributed by atoms with Gasteiger partial charge in [0, 0.05) is 51.1 Å². The Morgan fingerprint density at radius 3 is 1.52 bits per heavy atom. The number of unbranched alkanes of at least 4 members (excludes halogenated alkanes) is 5. The monoisotopic (exact) mass is 410 g/mol. The third-order valence-corrected chi connectivity index (χ3v) is 4.97. The zero-order valence-electron chi connectivity index (χ0n) is 18.8. The minimum absolute atomic E-state index is 0.0327. The maximum Gasteiger partial charge on any atom is 0.219 e. The van der Waals surface area contributed by atoms with Gasteiger partial charge in [0.05, 0.1) is 0 Å². The van der Waals surface area contributed by atoms with E-state index in [2.05, 4.69) is 10.6 Å².